The van der Waals surface area contributed by atoms with Gasteiger partial charge in [-0.05, 0) is 18.2 Å². The first-order chi connectivity index (χ1) is 12.4. The van der Waals surface area contributed by atoms with Crippen molar-refractivity contribution in [3.63, 3.8) is 0 Å². The highest BCUT2D eigenvalue weighted by Gasteiger charge is 2.36. The number of fused-ring (bicyclic) bond motifs is 1. The molecule has 7 nitrogen and oxygen atoms in total. The second-order valence-corrected chi connectivity index (χ2v) is 7.73. The van der Waals surface area contributed by atoms with Crippen molar-refractivity contribution in [1.82, 2.24) is 4.72 Å². The zero-order valence-corrected chi connectivity index (χ0v) is 15.4. The second-order valence-electron chi connectivity index (χ2n) is 5.97. The molecule has 1 aliphatic rings. The lowest BCUT2D eigenvalue weighted by atomic mass is 9.88. The second kappa shape index (κ2) is 7.14. The Hall–Kier alpha value is -2.29. The first kappa shape index (κ1) is 18.5. The van der Waals surface area contributed by atoms with Gasteiger partial charge in [0.25, 0.3) is 0 Å². The summed E-state index contributed by atoms with van der Waals surface area (Å²) < 4.78 is 43.6. The number of rotatable bonds is 6. The molecule has 2 aromatic rings. The van der Waals surface area contributed by atoms with E-state index in [2.05, 4.69) is 4.72 Å². The zero-order chi connectivity index (χ0) is 18.8. The average molecular weight is 379 g/mol. The Balaban J connectivity index is 1.83. The van der Waals surface area contributed by atoms with Gasteiger partial charge in [-0.15, -0.1) is 0 Å². The topological polar surface area (TPSA) is 94.1 Å². The third-order valence-corrected chi connectivity index (χ3v) is 5.78. The quantitative estimate of drug-likeness (QED) is 0.793. The van der Waals surface area contributed by atoms with E-state index >= 15 is 0 Å². The van der Waals surface area contributed by atoms with Crippen LogP contribution in [0.15, 0.2) is 47.4 Å². The number of sulfonamides is 1. The molecule has 0 radical (unpaired) electrons. The van der Waals surface area contributed by atoms with Crippen LogP contribution >= 0.6 is 0 Å². The fourth-order valence-electron chi connectivity index (χ4n) is 2.91. The van der Waals surface area contributed by atoms with Crippen LogP contribution < -0.4 is 18.9 Å². The summed E-state index contributed by atoms with van der Waals surface area (Å²) in [6.45, 7) is 0.148. The fraction of sp³-hybridized carbons (Fsp3) is 0.333. The van der Waals surface area contributed by atoms with E-state index in [-0.39, 0.29) is 11.4 Å². The van der Waals surface area contributed by atoms with Crippen LogP contribution in [0.1, 0.15) is 12.0 Å². The molecular formula is C18H21NO6S. The highest BCUT2D eigenvalue weighted by Crippen LogP contribution is 2.36. The number of ether oxygens (including phenoxy) is 3. The van der Waals surface area contributed by atoms with Gasteiger partial charge in [0.05, 0.1) is 25.7 Å². The van der Waals surface area contributed by atoms with Crippen molar-refractivity contribution in [1.29, 1.82) is 0 Å². The molecule has 26 heavy (non-hydrogen) atoms. The highest BCUT2D eigenvalue weighted by molar-refractivity contribution is 7.89. The van der Waals surface area contributed by atoms with Crippen LogP contribution in [0.4, 0.5) is 0 Å². The monoisotopic (exact) mass is 379 g/mol. The minimum atomic E-state index is -3.84. The SMILES string of the molecule is COc1ccc(S(=O)(=O)NCC2(O)CCOc3ccccc32)cc1OC. The average Bonchev–Trinajstić information content (AvgIpc) is 2.66. The lowest BCUT2D eigenvalue weighted by molar-refractivity contribution is 0.00219. The molecule has 140 valence electrons. The van der Waals surface area contributed by atoms with Gasteiger partial charge in [0, 0.05) is 24.6 Å². The van der Waals surface area contributed by atoms with E-state index in [0.717, 1.165) is 0 Å². The van der Waals surface area contributed by atoms with E-state index in [1.54, 1.807) is 24.3 Å². The standard InChI is InChI=1S/C18H21NO6S/c1-23-16-8-7-13(11-17(16)24-2)26(21,22)19-12-18(20)9-10-25-15-6-4-3-5-14(15)18/h3-8,11,19-20H,9-10,12H2,1-2H3. The number of hydrogen-bond donors (Lipinski definition) is 2. The minimum absolute atomic E-state index is 0.0269. The van der Waals surface area contributed by atoms with Gasteiger partial charge in [0.2, 0.25) is 10.0 Å². The predicted molar refractivity (Wildman–Crippen MR) is 95.2 cm³/mol. The number of benzene rings is 2. The van der Waals surface area contributed by atoms with E-state index in [9.17, 15) is 13.5 Å². The van der Waals surface area contributed by atoms with Crippen molar-refractivity contribution in [3.05, 3.63) is 48.0 Å². The van der Waals surface area contributed by atoms with Gasteiger partial charge in [-0.25, -0.2) is 13.1 Å². The lowest BCUT2D eigenvalue weighted by Gasteiger charge is -2.34. The number of aliphatic hydroxyl groups is 1. The lowest BCUT2D eigenvalue weighted by Crippen LogP contribution is -2.43. The third kappa shape index (κ3) is 3.48. The van der Waals surface area contributed by atoms with E-state index in [4.69, 9.17) is 14.2 Å². The van der Waals surface area contributed by atoms with Gasteiger partial charge in [-0.1, -0.05) is 18.2 Å². The minimum Gasteiger partial charge on any atom is -0.493 e. The molecule has 0 aliphatic carbocycles. The maximum Gasteiger partial charge on any atom is 0.240 e. The Morgan fingerprint density at radius 1 is 1.15 bits per heavy atom. The molecule has 0 spiro atoms. The van der Waals surface area contributed by atoms with Crippen molar-refractivity contribution in [2.75, 3.05) is 27.4 Å². The van der Waals surface area contributed by atoms with Gasteiger partial charge >= 0.3 is 0 Å². The zero-order valence-electron chi connectivity index (χ0n) is 14.6. The Morgan fingerprint density at radius 3 is 2.62 bits per heavy atom. The molecule has 1 unspecified atom stereocenters. The number of nitrogens with one attached hydrogen (secondary N) is 1. The van der Waals surface area contributed by atoms with E-state index < -0.39 is 15.6 Å². The molecule has 0 saturated heterocycles. The van der Waals surface area contributed by atoms with Crippen LogP contribution in [0.3, 0.4) is 0 Å². The molecule has 0 saturated carbocycles. The van der Waals surface area contributed by atoms with Crippen molar-refractivity contribution in [2.24, 2.45) is 0 Å². The molecule has 2 aromatic carbocycles. The number of methoxy groups -OCH3 is 2. The Morgan fingerprint density at radius 2 is 1.88 bits per heavy atom. The normalized spacial score (nSPS) is 19.3. The molecule has 0 aromatic heterocycles. The van der Waals surface area contributed by atoms with Gasteiger partial charge in [0.1, 0.15) is 11.4 Å². The summed E-state index contributed by atoms with van der Waals surface area (Å²) in [7, 11) is -0.936. The Kier molecular flexibility index (Phi) is 5.08. The molecule has 1 heterocycles. The molecule has 0 amide bonds. The summed E-state index contributed by atoms with van der Waals surface area (Å²) in [5.41, 5.74) is -0.764. The summed E-state index contributed by atoms with van der Waals surface area (Å²) in [6, 6.07) is 11.4. The third-order valence-electron chi connectivity index (χ3n) is 4.38. The first-order valence-corrected chi connectivity index (χ1v) is 9.54. The molecule has 0 fully saturated rings. The smallest absolute Gasteiger partial charge is 0.240 e. The molecule has 1 aliphatic heterocycles. The van der Waals surface area contributed by atoms with Crippen LogP contribution in [-0.4, -0.2) is 40.9 Å². The van der Waals surface area contributed by atoms with Gasteiger partial charge in [-0.3, -0.25) is 0 Å². The van der Waals surface area contributed by atoms with Crippen molar-refractivity contribution in [2.45, 2.75) is 16.9 Å². The van der Waals surface area contributed by atoms with E-state index in [1.165, 1.54) is 32.4 Å². The molecule has 1 atom stereocenters. The number of para-hydroxylation sites is 1. The Bertz CT molecular complexity index is 898. The summed E-state index contributed by atoms with van der Waals surface area (Å²) >= 11 is 0. The summed E-state index contributed by atoms with van der Waals surface area (Å²) in [6.07, 6.45) is 0.290. The molecule has 3 rings (SSSR count). The first-order valence-electron chi connectivity index (χ1n) is 8.06. The van der Waals surface area contributed by atoms with Crippen molar-refractivity contribution < 1.29 is 27.7 Å². The maximum atomic E-state index is 12.6. The van der Waals surface area contributed by atoms with Crippen molar-refractivity contribution in [3.8, 4) is 17.2 Å². The summed E-state index contributed by atoms with van der Waals surface area (Å²) in [5, 5.41) is 11.0. The van der Waals surface area contributed by atoms with Gasteiger partial charge < -0.3 is 19.3 Å². The number of hydrogen-bond acceptors (Lipinski definition) is 6. The fourth-order valence-corrected chi connectivity index (χ4v) is 4.01. The Labute approximate surface area is 152 Å². The highest BCUT2D eigenvalue weighted by atomic mass is 32.2. The predicted octanol–water partition coefficient (Wildman–Crippen LogP) is 1.65. The van der Waals surface area contributed by atoms with Crippen LogP contribution in [0.2, 0.25) is 0 Å². The molecular weight excluding hydrogens is 358 g/mol. The molecule has 0 bridgehead atoms. The molecule has 2 N–H and O–H groups in total. The van der Waals surface area contributed by atoms with Gasteiger partial charge in [0.15, 0.2) is 11.5 Å². The van der Waals surface area contributed by atoms with Crippen LogP contribution in [-0.2, 0) is 15.6 Å². The summed E-state index contributed by atoms with van der Waals surface area (Å²) in [4.78, 5) is 0.0269. The van der Waals surface area contributed by atoms with Gasteiger partial charge in [-0.2, -0.15) is 0 Å². The van der Waals surface area contributed by atoms with Crippen molar-refractivity contribution >= 4 is 10.0 Å². The van der Waals surface area contributed by atoms with Crippen LogP contribution in [0, 0.1) is 0 Å². The molecule has 8 heteroatoms. The largest absolute Gasteiger partial charge is 0.493 e. The van der Waals surface area contributed by atoms with Crippen LogP contribution in [0.25, 0.3) is 0 Å². The van der Waals surface area contributed by atoms with Crippen LogP contribution in [0.5, 0.6) is 17.2 Å². The van der Waals surface area contributed by atoms with E-state index in [1.807, 2.05) is 0 Å². The summed E-state index contributed by atoms with van der Waals surface area (Å²) in [5.74, 6) is 1.31. The maximum absolute atomic E-state index is 12.6. The van der Waals surface area contributed by atoms with E-state index in [0.29, 0.717) is 35.8 Å².